The van der Waals surface area contributed by atoms with E-state index in [0.717, 1.165) is 23.5 Å². The monoisotopic (exact) mass is 364 g/mol. The number of likely N-dealkylation sites (N-methyl/N-ethyl adjacent to an activating group) is 1. The first kappa shape index (κ1) is 16.5. The second-order valence-corrected chi connectivity index (χ2v) is 7.78. The zero-order valence-electron chi connectivity index (χ0n) is 15.6. The molecule has 2 aliphatic carbocycles. The van der Waals surface area contributed by atoms with E-state index < -0.39 is 0 Å². The first-order valence-corrected chi connectivity index (χ1v) is 9.59. The van der Waals surface area contributed by atoms with Crippen molar-refractivity contribution in [3.63, 3.8) is 0 Å². The van der Waals surface area contributed by atoms with Gasteiger partial charge < -0.3 is 19.7 Å². The number of benzene rings is 2. The third-order valence-corrected chi connectivity index (χ3v) is 6.42. The molecule has 1 N–H and O–H groups in total. The van der Waals surface area contributed by atoms with Gasteiger partial charge in [-0.2, -0.15) is 0 Å². The fourth-order valence-electron chi connectivity index (χ4n) is 5.02. The number of hydrogen-bond acceptors (Lipinski definition) is 3. The Balaban J connectivity index is 1.42. The number of nitrogens with one attached hydrogen (secondary N) is 1. The third kappa shape index (κ3) is 2.56. The van der Waals surface area contributed by atoms with Crippen LogP contribution in [0.15, 0.2) is 42.5 Å². The molecule has 27 heavy (non-hydrogen) atoms. The summed E-state index contributed by atoms with van der Waals surface area (Å²) in [4.78, 5) is 13.5. The van der Waals surface area contributed by atoms with Gasteiger partial charge in [0.15, 0.2) is 11.5 Å². The van der Waals surface area contributed by atoms with E-state index in [-0.39, 0.29) is 18.2 Å². The van der Waals surface area contributed by atoms with Crippen LogP contribution in [-0.4, -0.2) is 37.7 Å². The number of hydrogen-bond donors (Lipinski definition) is 1. The molecule has 0 aromatic heterocycles. The van der Waals surface area contributed by atoms with Crippen LogP contribution in [0.5, 0.6) is 11.5 Å². The van der Waals surface area contributed by atoms with Crippen LogP contribution in [0.2, 0.25) is 0 Å². The number of amides is 2. The van der Waals surface area contributed by atoms with Gasteiger partial charge in [0.05, 0.1) is 13.2 Å². The predicted molar refractivity (Wildman–Crippen MR) is 102 cm³/mol. The highest BCUT2D eigenvalue weighted by Gasteiger charge is 2.45. The van der Waals surface area contributed by atoms with Crippen LogP contribution in [0.1, 0.15) is 47.4 Å². The maximum atomic E-state index is 11.8. The summed E-state index contributed by atoms with van der Waals surface area (Å²) < 4.78 is 12.1. The summed E-state index contributed by atoms with van der Waals surface area (Å²) in [5.74, 6) is 2.58. The SMILES string of the molecule is COc1ccc(C2CNC(=O)N2C)cc1O[C@@H]1C[C@@H]2C[C@H]1c1ccccc12. The van der Waals surface area contributed by atoms with Crippen LogP contribution in [0, 0.1) is 0 Å². The summed E-state index contributed by atoms with van der Waals surface area (Å²) >= 11 is 0. The number of methoxy groups -OCH3 is 1. The number of rotatable bonds is 4. The molecule has 140 valence electrons. The lowest BCUT2D eigenvalue weighted by atomic mass is 9.90. The molecule has 0 radical (unpaired) electrons. The maximum absolute atomic E-state index is 11.8. The molecule has 1 heterocycles. The van der Waals surface area contributed by atoms with Gasteiger partial charge in [0.25, 0.3) is 0 Å². The van der Waals surface area contributed by atoms with Crippen molar-refractivity contribution in [1.29, 1.82) is 0 Å². The Hall–Kier alpha value is -2.69. The van der Waals surface area contributed by atoms with E-state index in [2.05, 4.69) is 29.6 Å². The lowest BCUT2D eigenvalue weighted by Gasteiger charge is -2.27. The van der Waals surface area contributed by atoms with E-state index in [1.807, 2.05) is 25.2 Å². The van der Waals surface area contributed by atoms with Gasteiger partial charge in [0, 0.05) is 19.5 Å². The van der Waals surface area contributed by atoms with Crippen LogP contribution in [0.3, 0.4) is 0 Å². The Morgan fingerprint density at radius 3 is 2.63 bits per heavy atom. The summed E-state index contributed by atoms with van der Waals surface area (Å²) in [5.41, 5.74) is 4.01. The van der Waals surface area contributed by atoms with Gasteiger partial charge in [-0.1, -0.05) is 30.3 Å². The molecule has 4 atom stereocenters. The molecule has 2 fully saturated rings. The average molecular weight is 364 g/mol. The minimum atomic E-state index is -0.0389. The first-order valence-electron chi connectivity index (χ1n) is 9.59. The lowest BCUT2D eigenvalue weighted by molar-refractivity contribution is 0.177. The highest BCUT2D eigenvalue weighted by Crippen LogP contribution is 2.54. The highest BCUT2D eigenvalue weighted by atomic mass is 16.5. The molecular formula is C22H24N2O3. The number of carbonyl (C=O) groups excluding carboxylic acids is 1. The zero-order chi connectivity index (χ0) is 18.5. The highest BCUT2D eigenvalue weighted by molar-refractivity contribution is 5.77. The van der Waals surface area contributed by atoms with Crippen LogP contribution >= 0.6 is 0 Å². The normalized spacial score (nSPS) is 28.2. The molecule has 1 saturated heterocycles. The second-order valence-electron chi connectivity index (χ2n) is 7.78. The molecule has 2 bridgehead atoms. The minimum Gasteiger partial charge on any atom is -0.493 e. The molecule has 2 aromatic carbocycles. The van der Waals surface area contributed by atoms with Crippen molar-refractivity contribution in [2.24, 2.45) is 0 Å². The number of carbonyl (C=O) groups is 1. The third-order valence-electron chi connectivity index (χ3n) is 6.42. The molecule has 1 aliphatic heterocycles. The van der Waals surface area contributed by atoms with E-state index in [9.17, 15) is 4.79 Å². The summed E-state index contributed by atoms with van der Waals surface area (Å²) in [5, 5.41) is 2.89. The van der Waals surface area contributed by atoms with Crippen molar-refractivity contribution < 1.29 is 14.3 Å². The fraction of sp³-hybridized carbons (Fsp3) is 0.409. The van der Waals surface area contributed by atoms with Gasteiger partial charge in [0.1, 0.15) is 6.10 Å². The van der Waals surface area contributed by atoms with Crippen LogP contribution < -0.4 is 14.8 Å². The summed E-state index contributed by atoms with van der Waals surface area (Å²) in [6, 6.07) is 14.7. The Bertz CT molecular complexity index is 897. The van der Waals surface area contributed by atoms with Crippen LogP contribution in [0.4, 0.5) is 4.79 Å². The maximum Gasteiger partial charge on any atom is 0.317 e. The van der Waals surface area contributed by atoms with Gasteiger partial charge in [-0.05, 0) is 47.6 Å². The predicted octanol–water partition coefficient (Wildman–Crippen LogP) is 3.81. The van der Waals surface area contributed by atoms with Crippen molar-refractivity contribution in [2.75, 3.05) is 20.7 Å². The van der Waals surface area contributed by atoms with Crippen LogP contribution in [0.25, 0.3) is 0 Å². The molecule has 2 aromatic rings. The van der Waals surface area contributed by atoms with Gasteiger partial charge in [-0.3, -0.25) is 0 Å². The summed E-state index contributed by atoms with van der Waals surface area (Å²) in [6.45, 7) is 0.614. The van der Waals surface area contributed by atoms with Crippen molar-refractivity contribution in [2.45, 2.75) is 36.8 Å². The standard InChI is InChI=1S/C22H24N2O3/c1-24-18(12-23-22(24)25)13-7-8-19(26-2)21(10-13)27-20-11-14-9-17(20)16-6-4-3-5-15(14)16/h3-8,10,14,17-18,20H,9,11-12H2,1-2H3,(H,23,25)/t14-,17-,18?,20+/m0/s1. The molecule has 5 rings (SSSR count). The topological polar surface area (TPSA) is 50.8 Å². The number of nitrogens with zero attached hydrogens (tertiary/aromatic N) is 1. The van der Waals surface area contributed by atoms with Crippen molar-refractivity contribution in [3.8, 4) is 11.5 Å². The molecule has 5 heteroatoms. The second kappa shape index (κ2) is 6.19. The summed E-state index contributed by atoms with van der Waals surface area (Å²) in [7, 11) is 3.50. The van der Waals surface area contributed by atoms with Gasteiger partial charge in [-0.25, -0.2) is 4.79 Å². The molecule has 1 unspecified atom stereocenters. The fourth-order valence-corrected chi connectivity index (χ4v) is 5.02. The average Bonchev–Trinajstić information content (AvgIpc) is 3.36. The number of urea groups is 1. The van der Waals surface area contributed by atoms with E-state index in [1.54, 1.807) is 12.0 Å². The Morgan fingerprint density at radius 1 is 1.07 bits per heavy atom. The van der Waals surface area contributed by atoms with Crippen molar-refractivity contribution in [1.82, 2.24) is 10.2 Å². The minimum absolute atomic E-state index is 0.0199. The first-order chi connectivity index (χ1) is 13.2. The lowest BCUT2D eigenvalue weighted by Crippen LogP contribution is -2.25. The molecule has 3 aliphatic rings. The molecule has 2 amide bonds. The quantitative estimate of drug-likeness (QED) is 0.897. The number of ether oxygens (including phenoxy) is 2. The Morgan fingerprint density at radius 2 is 1.89 bits per heavy atom. The molecule has 0 spiro atoms. The van der Waals surface area contributed by atoms with E-state index >= 15 is 0 Å². The van der Waals surface area contributed by atoms with Gasteiger partial charge >= 0.3 is 6.03 Å². The van der Waals surface area contributed by atoms with Crippen molar-refractivity contribution in [3.05, 3.63) is 59.2 Å². The Kier molecular flexibility index (Phi) is 3.78. The van der Waals surface area contributed by atoms with Crippen LogP contribution in [-0.2, 0) is 0 Å². The van der Waals surface area contributed by atoms with Gasteiger partial charge in [0.2, 0.25) is 0 Å². The molecule has 1 saturated carbocycles. The van der Waals surface area contributed by atoms with Crippen molar-refractivity contribution >= 4 is 6.03 Å². The van der Waals surface area contributed by atoms with Gasteiger partial charge in [-0.15, -0.1) is 0 Å². The molecule has 5 nitrogen and oxygen atoms in total. The zero-order valence-corrected chi connectivity index (χ0v) is 15.6. The smallest absolute Gasteiger partial charge is 0.317 e. The van der Waals surface area contributed by atoms with E-state index in [1.165, 1.54) is 17.5 Å². The van der Waals surface area contributed by atoms with E-state index in [4.69, 9.17) is 9.47 Å². The number of fused-ring (bicyclic) bond motifs is 5. The van der Waals surface area contributed by atoms with E-state index in [0.29, 0.717) is 18.4 Å². The largest absolute Gasteiger partial charge is 0.493 e. The molecular weight excluding hydrogens is 340 g/mol. The Labute approximate surface area is 159 Å². The summed E-state index contributed by atoms with van der Waals surface area (Å²) in [6.07, 6.45) is 2.41.